The molecule has 3 N–H and O–H groups in total. The molecular formula is C30H31N3O2S. The fraction of sp³-hybridized carbons (Fsp3) is 0.233. The van der Waals surface area contributed by atoms with Gasteiger partial charge in [0.15, 0.2) is 0 Å². The van der Waals surface area contributed by atoms with Gasteiger partial charge in [0.25, 0.3) is 5.91 Å². The van der Waals surface area contributed by atoms with Crippen molar-refractivity contribution in [2.24, 2.45) is 0 Å². The van der Waals surface area contributed by atoms with E-state index >= 15 is 0 Å². The lowest BCUT2D eigenvalue weighted by Crippen LogP contribution is -2.29. The minimum Gasteiger partial charge on any atom is -0.361 e. The highest BCUT2D eigenvalue weighted by Crippen LogP contribution is 2.37. The summed E-state index contributed by atoms with van der Waals surface area (Å²) in [6, 6.07) is 24.2. The van der Waals surface area contributed by atoms with Crippen molar-refractivity contribution < 1.29 is 10.0 Å². The van der Waals surface area contributed by atoms with Crippen LogP contribution in [0.2, 0.25) is 0 Å². The smallest absolute Gasteiger partial charge is 0.267 e. The number of thioether (sulfide) groups is 1. The Balaban J connectivity index is 1.39. The third kappa shape index (κ3) is 5.41. The lowest BCUT2D eigenvalue weighted by Gasteiger charge is -2.30. The topological polar surface area (TPSA) is 68.4 Å². The first kappa shape index (κ1) is 24.4. The minimum atomic E-state index is -0.524. The average Bonchev–Trinajstić information content (AvgIpc) is 3.54. The van der Waals surface area contributed by atoms with Crippen LogP contribution in [-0.4, -0.2) is 33.8 Å². The van der Waals surface area contributed by atoms with E-state index in [9.17, 15) is 4.79 Å². The van der Waals surface area contributed by atoms with Crippen molar-refractivity contribution in [3.05, 3.63) is 107 Å². The van der Waals surface area contributed by atoms with E-state index in [2.05, 4.69) is 89.1 Å². The number of nitrogens with one attached hydrogen (secondary N) is 2. The summed E-state index contributed by atoms with van der Waals surface area (Å²) in [6.45, 7) is 1.87. The highest BCUT2D eigenvalue weighted by atomic mass is 32.2. The summed E-state index contributed by atoms with van der Waals surface area (Å²) in [5.74, 6) is -0.524. The van der Waals surface area contributed by atoms with Crippen molar-refractivity contribution in [3.8, 4) is 0 Å². The van der Waals surface area contributed by atoms with Gasteiger partial charge in [-0.2, -0.15) is 0 Å². The maximum Gasteiger partial charge on any atom is 0.267 e. The van der Waals surface area contributed by atoms with Gasteiger partial charge < -0.3 is 4.98 Å². The highest BCUT2D eigenvalue weighted by Gasteiger charge is 2.28. The number of hydroxylamine groups is 1. The van der Waals surface area contributed by atoms with E-state index in [1.54, 1.807) is 23.3 Å². The Hall–Kier alpha value is -3.32. The van der Waals surface area contributed by atoms with Crippen molar-refractivity contribution in [1.82, 2.24) is 15.4 Å². The molecule has 6 heteroatoms. The Morgan fingerprint density at radius 1 is 1.17 bits per heavy atom. The zero-order valence-corrected chi connectivity index (χ0v) is 21.2. The van der Waals surface area contributed by atoms with E-state index in [0.717, 1.165) is 37.9 Å². The van der Waals surface area contributed by atoms with Gasteiger partial charge in [0.2, 0.25) is 0 Å². The fourth-order valence-corrected chi connectivity index (χ4v) is 5.63. The maximum atomic E-state index is 11.4. The molecule has 5 rings (SSSR count). The van der Waals surface area contributed by atoms with Crippen molar-refractivity contribution >= 4 is 34.6 Å². The average molecular weight is 498 g/mol. The van der Waals surface area contributed by atoms with Gasteiger partial charge in [0, 0.05) is 47.2 Å². The van der Waals surface area contributed by atoms with E-state index in [-0.39, 0.29) is 0 Å². The second kappa shape index (κ2) is 11.2. The molecule has 1 aromatic heterocycles. The monoisotopic (exact) mass is 497 g/mol. The van der Waals surface area contributed by atoms with E-state index in [1.165, 1.54) is 44.1 Å². The van der Waals surface area contributed by atoms with E-state index < -0.39 is 5.91 Å². The Morgan fingerprint density at radius 3 is 2.81 bits per heavy atom. The molecule has 0 bridgehead atoms. The number of rotatable bonds is 9. The van der Waals surface area contributed by atoms with Crippen LogP contribution < -0.4 is 5.48 Å². The number of benzene rings is 3. The van der Waals surface area contributed by atoms with Gasteiger partial charge in [-0.25, -0.2) is 5.48 Å². The molecule has 0 saturated heterocycles. The molecule has 1 aliphatic rings. The summed E-state index contributed by atoms with van der Waals surface area (Å²) < 4.78 is 0. The van der Waals surface area contributed by atoms with Crippen LogP contribution in [0.1, 0.15) is 40.3 Å². The quantitative estimate of drug-likeness (QED) is 0.112. The molecule has 0 fully saturated rings. The molecule has 5 nitrogen and oxygen atoms in total. The lowest BCUT2D eigenvalue weighted by molar-refractivity contribution is -0.124. The van der Waals surface area contributed by atoms with E-state index in [1.807, 2.05) is 0 Å². The van der Waals surface area contributed by atoms with E-state index in [0.29, 0.717) is 6.04 Å². The second-order valence-electron chi connectivity index (χ2n) is 9.25. The van der Waals surface area contributed by atoms with Crippen molar-refractivity contribution in [2.75, 3.05) is 12.8 Å². The third-order valence-corrected chi connectivity index (χ3v) is 7.82. The molecule has 1 heterocycles. The molecule has 1 atom stereocenters. The molecule has 1 unspecified atom stereocenters. The summed E-state index contributed by atoms with van der Waals surface area (Å²) in [6.07, 6.45) is 10.4. The zero-order chi connectivity index (χ0) is 24.9. The normalized spacial score (nSPS) is 15.1. The Kier molecular flexibility index (Phi) is 7.56. The van der Waals surface area contributed by atoms with Gasteiger partial charge in [-0.1, -0.05) is 48.5 Å². The molecule has 4 aromatic rings. The van der Waals surface area contributed by atoms with Crippen LogP contribution in [0.25, 0.3) is 17.0 Å². The second-order valence-corrected chi connectivity index (χ2v) is 10.1. The Morgan fingerprint density at radius 2 is 2.00 bits per heavy atom. The molecule has 1 amide bonds. The SMILES string of the molecule is CSc1ccc(CN(CCc2c[nH]c3ccccc23)C2CCc3cc(C=CC(=O)NO)ccc32)cc1. The summed E-state index contributed by atoms with van der Waals surface area (Å²) in [4.78, 5) is 18.7. The number of aromatic nitrogens is 1. The van der Waals surface area contributed by atoms with E-state index in [4.69, 9.17) is 5.21 Å². The summed E-state index contributed by atoms with van der Waals surface area (Å²) >= 11 is 1.77. The first-order chi connectivity index (χ1) is 17.6. The zero-order valence-electron chi connectivity index (χ0n) is 20.4. The number of amides is 1. The first-order valence-corrected chi connectivity index (χ1v) is 13.5. The number of hydrogen-bond acceptors (Lipinski definition) is 4. The number of H-pyrrole nitrogens is 1. The third-order valence-electron chi connectivity index (χ3n) is 7.08. The van der Waals surface area contributed by atoms with Gasteiger partial charge in [0.1, 0.15) is 0 Å². The van der Waals surface area contributed by atoms with Gasteiger partial charge in [-0.15, -0.1) is 11.8 Å². The van der Waals surface area contributed by atoms with Gasteiger partial charge in [-0.3, -0.25) is 14.9 Å². The van der Waals surface area contributed by atoms with Gasteiger partial charge in [-0.05, 0) is 77.6 Å². The Labute approximate surface area is 216 Å². The van der Waals surface area contributed by atoms with Crippen LogP contribution in [0.5, 0.6) is 0 Å². The highest BCUT2D eigenvalue weighted by molar-refractivity contribution is 7.98. The summed E-state index contributed by atoms with van der Waals surface area (Å²) in [5, 5.41) is 10.0. The lowest BCUT2D eigenvalue weighted by atomic mass is 10.0. The van der Waals surface area contributed by atoms with Crippen LogP contribution in [0.3, 0.4) is 0 Å². The summed E-state index contributed by atoms with van der Waals surface area (Å²) in [7, 11) is 0. The largest absolute Gasteiger partial charge is 0.361 e. The number of para-hydroxylation sites is 1. The minimum absolute atomic E-state index is 0.351. The maximum absolute atomic E-state index is 11.4. The molecule has 36 heavy (non-hydrogen) atoms. The molecule has 0 aliphatic heterocycles. The molecule has 1 aliphatic carbocycles. The number of fused-ring (bicyclic) bond motifs is 2. The number of carbonyl (C=O) groups excluding carboxylic acids is 1. The van der Waals surface area contributed by atoms with Crippen LogP contribution >= 0.6 is 11.8 Å². The first-order valence-electron chi connectivity index (χ1n) is 12.3. The molecular weight excluding hydrogens is 466 g/mol. The molecule has 0 radical (unpaired) electrons. The van der Waals surface area contributed by atoms with Gasteiger partial charge in [0.05, 0.1) is 0 Å². The van der Waals surface area contributed by atoms with Gasteiger partial charge >= 0.3 is 0 Å². The predicted molar refractivity (Wildman–Crippen MR) is 147 cm³/mol. The molecule has 3 aromatic carbocycles. The van der Waals surface area contributed by atoms with Crippen molar-refractivity contribution in [2.45, 2.75) is 36.7 Å². The number of aryl methyl sites for hydroxylation is 1. The predicted octanol–water partition coefficient (Wildman–Crippen LogP) is 6.14. The van der Waals surface area contributed by atoms with Crippen molar-refractivity contribution in [1.29, 1.82) is 0 Å². The van der Waals surface area contributed by atoms with Crippen LogP contribution in [0.4, 0.5) is 0 Å². The molecule has 0 spiro atoms. The fourth-order valence-electron chi connectivity index (χ4n) is 5.22. The van der Waals surface area contributed by atoms with Crippen molar-refractivity contribution in [3.63, 3.8) is 0 Å². The van der Waals surface area contributed by atoms with Crippen LogP contribution in [0, 0.1) is 0 Å². The summed E-state index contributed by atoms with van der Waals surface area (Å²) in [5.41, 5.74) is 9.19. The molecule has 184 valence electrons. The number of aromatic amines is 1. The number of nitrogens with zero attached hydrogens (tertiary/aromatic N) is 1. The standard InChI is InChI=1S/C30H31N3O2S/c1-36-25-11-6-22(7-12-25)20-33(17-16-24-19-31-28-5-3-2-4-26(24)28)29-14-10-23-18-21(8-13-27(23)29)9-15-30(34)32-35/h2-9,11-13,15,18-19,29,31,35H,10,14,16-17,20H2,1H3,(H,32,34). The van der Waals surface area contributed by atoms with Crippen LogP contribution in [0.15, 0.2) is 83.9 Å². The Bertz CT molecular complexity index is 1380. The number of hydrogen-bond donors (Lipinski definition) is 3. The number of carbonyl (C=O) groups is 1. The molecule has 0 saturated carbocycles. The van der Waals surface area contributed by atoms with Crippen LogP contribution in [-0.2, 0) is 24.2 Å².